The van der Waals surface area contributed by atoms with Gasteiger partial charge in [-0.15, -0.1) is 0 Å². The summed E-state index contributed by atoms with van der Waals surface area (Å²) in [6, 6.07) is 8.32. The van der Waals surface area contributed by atoms with Crippen molar-refractivity contribution in [2.24, 2.45) is 5.73 Å². The smallest absolute Gasteiger partial charge is 0.408 e. The number of ketones is 1. The molecule has 0 unspecified atom stereocenters. The Bertz CT molecular complexity index is 529. The molecular formula is C13H14N2O4. The zero-order valence-electron chi connectivity index (χ0n) is 10.2. The van der Waals surface area contributed by atoms with Gasteiger partial charge in [-0.25, -0.2) is 4.79 Å². The second kappa shape index (κ2) is 4.72. The molecule has 19 heavy (non-hydrogen) atoms. The lowest BCUT2D eigenvalue weighted by Gasteiger charge is -2.42. The molecule has 0 saturated carbocycles. The molecule has 0 aliphatic carbocycles. The monoisotopic (exact) mass is 262 g/mol. The van der Waals surface area contributed by atoms with Gasteiger partial charge >= 0.3 is 6.09 Å². The molecule has 3 N–H and O–H groups in total. The number of piperidine rings is 1. The molecule has 1 aromatic carbocycles. The molecule has 100 valence electrons. The summed E-state index contributed by atoms with van der Waals surface area (Å²) < 4.78 is 0. The highest BCUT2D eigenvalue weighted by Gasteiger charge is 2.50. The maximum absolute atomic E-state index is 11.9. The van der Waals surface area contributed by atoms with Gasteiger partial charge in [0.05, 0.1) is 0 Å². The number of Topliss-reactive ketones (excluding diaryl/α,β-unsaturated/α-hetero) is 1. The van der Waals surface area contributed by atoms with Gasteiger partial charge in [0.15, 0.2) is 5.54 Å². The highest BCUT2D eigenvalue weighted by molar-refractivity contribution is 5.96. The van der Waals surface area contributed by atoms with Crippen molar-refractivity contribution in [1.29, 1.82) is 0 Å². The average Bonchev–Trinajstić information content (AvgIpc) is 2.38. The van der Waals surface area contributed by atoms with Crippen LogP contribution in [0.1, 0.15) is 18.4 Å². The van der Waals surface area contributed by atoms with Crippen molar-refractivity contribution in [3.8, 4) is 0 Å². The van der Waals surface area contributed by atoms with Crippen molar-refractivity contribution in [3.63, 3.8) is 0 Å². The van der Waals surface area contributed by atoms with Crippen LogP contribution < -0.4 is 5.73 Å². The van der Waals surface area contributed by atoms with Crippen LogP contribution in [0.2, 0.25) is 0 Å². The zero-order valence-corrected chi connectivity index (χ0v) is 10.2. The molecule has 1 atom stereocenters. The number of primary amides is 1. The van der Waals surface area contributed by atoms with Crippen LogP contribution in [0.4, 0.5) is 4.79 Å². The lowest BCUT2D eigenvalue weighted by atomic mass is 9.79. The predicted molar refractivity (Wildman–Crippen MR) is 66.3 cm³/mol. The third kappa shape index (κ3) is 2.05. The minimum atomic E-state index is -1.59. The molecule has 6 heteroatoms. The van der Waals surface area contributed by atoms with E-state index in [0.717, 1.165) is 4.90 Å². The fourth-order valence-electron chi connectivity index (χ4n) is 2.49. The summed E-state index contributed by atoms with van der Waals surface area (Å²) in [7, 11) is 0. The Balaban J connectivity index is 2.60. The first-order valence-corrected chi connectivity index (χ1v) is 5.86. The molecule has 1 saturated heterocycles. The van der Waals surface area contributed by atoms with Crippen molar-refractivity contribution in [1.82, 2.24) is 4.90 Å². The summed E-state index contributed by atoms with van der Waals surface area (Å²) in [5.41, 5.74) is 4.26. The van der Waals surface area contributed by atoms with Gasteiger partial charge in [-0.1, -0.05) is 30.3 Å². The Labute approximate surface area is 109 Å². The molecular weight excluding hydrogens is 248 g/mol. The quantitative estimate of drug-likeness (QED) is 0.819. The molecule has 0 aromatic heterocycles. The number of carboxylic acid groups (broad SMARTS) is 1. The molecule has 1 aromatic rings. The maximum Gasteiger partial charge on any atom is 0.408 e. The summed E-state index contributed by atoms with van der Waals surface area (Å²) in [5.74, 6) is -0.991. The van der Waals surface area contributed by atoms with Gasteiger partial charge < -0.3 is 10.8 Å². The van der Waals surface area contributed by atoms with Gasteiger partial charge in [0.2, 0.25) is 5.91 Å². The topological polar surface area (TPSA) is 101 Å². The Hall–Kier alpha value is -2.37. The molecule has 6 nitrogen and oxygen atoms in total. The lowest BCUT2D eigenvalue weighted by molar-refractivity contribution is -0.139. The SMILES string of the molecule is NC(=O)[C@@]1(c2ccccc2)CC(=O)CCN1C(=O)O. The van der Waals surface area contributed by atoms with Crippen LogP contribution >= 0.6 is 0 Å². The predicted octanol–water partition coefficient (Wildman–Crippen LogP) is 0.710. The third-order valence-corrected chi connectivity index (χ3v) is 3.42. The number of likely N-dealkylation sites (tertiary alicyclic amines) is 1. The van der Waals surface area contributed by atoms with Gasteiger partial charge in [0.1, 0.15) is 5.78 Å². The van der Waals surface area contributed by atoms with Gasteiger partial charge in [-0.2, -0.15) is 0 Å². The van der Waals surface area contributed by atoms with Crippen molar-refractivity contribution in [2.75, 3.05) is 6.54 Å². The van der Waals surface area contributed by atoms with E-state index in [9.17, 15) is 19.5 Å². The van der Waals surface area contributed by atoms with E-state index in [2.05, 4.69) is 0 Å². The number of benzene rings is 1. The molecule has 1 heterocycles. The van der Waals surface area contributed by atoms with E-state index in [4.69, 9.17) is 5.73 Å². The third-order valence-electron chi connectivity index (χ3n) is 3.42. The highest BCUT2D eigenvalue weighted by atomic mass is 16.4. The molecule has 1 aliphatic rings. The molecule has 0 bridgehead atoms. The molecule has 2 rings (SSSR count). The van der Waals surface area contributed by atoms with E-state index in [1.165, 1.54) is 0 Å². The average molecular weight is 262 g/mol. The summed E-state index contributed by atoms with van der Waals surface area (Å²) in [5, 5.41) is 9.28. The molecule has 2 amide bonds. The van der Waals surface area contributed by atoms with Crippen LogP contribution in [0.25, 0.3) is 0 Å². The Kier molecular flexibility index (Phi) is 3.25. The van der Waals surface area contributed by atoms with Crippen LogP contribution in [0.5, 0.6) is 0 Å². The van der Waals surface area contributed by atoms with Crippen LogP contribution in [0.15, 0.2) is 30.3 Å². The van der Waals surface area contributed by atoms with Crippen LogP contribution in [-0.4, -0.2) is 34.3 Å². The Morgan fingerprint density at radius 2 is 1.89 bits per heavy atom. The van der Waals surface area contributed by atoms with E-state index in [0.29, 0.717) is 5.56 Å². The van der Waals surface area contributed by atoms with Crippen molar-refractivity contribution in [2.45, 2.75) is 18.4 Å². The zero-order chi connectivity index (χ0) is 14.0. The standard InChI is InChI=1S/C13H14N2O4/c14-11(17)13(9-4-2-1-3-5-9)8-10(16)6-7-15(13)12(18)19/h1-5H,6-8H2,(H2,14,17)(H,18,19)/t13-/m0/s1. The minimum absolute atomic E-state index is 0.0218. The Morgan fingerprint density at radius 3 is 2.42 bits per heavy atom. The number of rotatable bonds is 2. The number of amides is 2. The van der Waals surface area contributed by atoms with Crippen molar-refractivity contribution >= 4 is 17.8 Å². The van der Waals surface area contributed by atoms with Crippen LogP contribution in [0, 0.1) is 0 Å². The van der Waals surface area contributed by atoms with Gasteiger partial charge in [-0.3, -0.25) is 14.5 Å². The normalized spacial score (nSPS) is 23.2. The first-order valence-electron chi connectivity index (χ1n) is 5.86. The number of hydrogen-bond acceptors (Lipinski definition) is 3. The first kappa shape index (κ1) is 13.1. The highest BCUT2D eigenvalue weighted by Crippen LogP contribution is 2.36. The summed E-state index contributed by atoms with van der Waals surface area (Å²) >= 11 is 0. The summed E-state index contributed by atoms with van der Waals surface area (Å²) in [4.78, 5) is 35.9. The second-order valence-electron chi connectivity index (χ2n) is 4.49. The van der Waals surface area contributed by atoms with Crippen LogP contribution in [-0.2, 0) is 15.1 Å². The fraction of sp³-hybridized carbons (Fsp3) is 0.308. The number of nitrogens with zero attached hydrogens (tertiary/aromatic N) is 1. The molecule has 0 spiro atoms. The van der Waals surface area contributed by atoms with E-state index < -0.39 is 17.5 Å². The molecule has 0 radical (unpaired) electrons. The van der Waals surface area contributed by atoms with Gasteiger partial charge in [0.25, 0.3) is 0 Å². The van der Waals surface area contributed by atoms with Crippen molar-refractivity contribution < 1.29 is 19.5 Å². The maximum atomic E-state index is 11.9. The van der Waals surface area contributed by atoms with Crippen molar-refractivity contribution in [3.05, 3.63) is 35.9 Å². The van der Waals surface area contributed by atoms with Crippen LogP contribution in [0.3, 0.4) is 0 Å². The molecule has 1 fully saturated rings. The van der Waals surface area contributed by atoms with E-state index >= 15 is 0 Å². The largest absolute Gasteiger partial charge is 0.465 e. The number of carbonyl (C=O) groups is 3. The second-order valence-corrected chi connectivity index (χ2v) is 4.49. The number of nitrogens with two attached hydrogens (primary N) is 1. The summed E-state index contributed by atoms with van der Waals surface area (Å²) in [6.45, 7) is -0.0218. The summed E-state index contributed by atoms with van der Waals surface area (Å²) in [6.07, 6.45) is -1.36. The van der Waals surface area contributed by atoms with Gasteiger partial charge in [0, 0.05) is 19.4 Å². The van der Waals surface area contributed by atoms with E-state index in [1.807, 2.05) is 0 Å². The first-order chi connectivity index (χ1) is 8.98. The number of carbonyl (C=O) groups excluding carboxylic acids is 2. The minimum Gasteiger partial charge on any atom is -0.465 e. The Morgan fingerprint density at radius 1 is 1.26 bits per heavy atom. The number of hydrogen-bond donors (Lipinski definition) is 2. The van der Waals surface area contributed by atoms with E-state index in [-0.39, 0.29) is 25.2 Å². The fourth-order valence-corrected chi connectivity index (χ4v) is 2.49. The van der Waals surface area contributed by atoms with E-state index in [1.54, 1.807) is 30.3 Å². The molecule has 1 aliphatic heterocycles. The van der Waals surface area contributed by atoms with Gasteiger partial charge in [-0.05, 0) is 5.56 Å². The lowest BCUT2D eigenvalue weighted by Crippen LogP contribution is -2.60.